The van der Waals surface area contributed by atoms with Crippen LogP contribution >= 0.6 is 11.3 Å². The molecule has 1 aromatic carbocycles. The van der Waals surface area contributed by atoms with Crippen LogP contribution in [0.4, 0.5) is 5.13 Å². The number of hydrogen-bond acceptors (Lipinski definition) is 5. The summed E-state index contributed by atoms with van der Waals surface area (Å²) in [4.78, 5) is 16.7. The Kier molecular flexibility index (Phi) is 6.82. The van der Waals surface area contributed by atoms with E-state index >= 15 is 0 Å². The Balaban J connectivity index is 0.00000243. The Hall–Kier alpha value is -2.77. The van der Waals surface area contributed by atoms with E-state index < -0.39 is 0 Å². The van der Waals surface area contributed by atoms with E-state index in [2.05, 4.69) is 15.5 Å². The van der Waals surface area contributed by atoms with Gasteiger partial charge in [0, 0.05) is 17.0 Å². The van der Waals surface area contributed by atoms with Crippen molar-refractivity contribution in [2.75, 3.05) is 5.32 Å². The number of carbonyl (C=O) groups is 1. The number of oxime groups is 1. The predicted molar refractivity (Wildman–Crippen MR) is 96.9 cm³/mol. The standard InChI is InChI=1S/C18H16N4O2S.ClH/c1-13-4-6-15(7-5-13)16-12-25-18(20-16)21-17(23)11-22-8-2-3-14(10-22)9-19-24;/h2-10,12H,11H2,1H3,(H-,20,21,23,24);1H/b19-9+;. The average molecular weight is 389 g/mol. The summed E-state index contributed by atoms with van der Waals surface area (Å²) in [6.07, 6.45) is 4.80. The number of nitrogens with one attached hydrogen (secondary N) is 1. The molecule has 0 radical (unpaired) electrons. The number of halogens is 1. The van der Waals surface area contributed by atoms with Crippen LogP contribution in [0.2, 0.25) is 0 Å². The molecule has 0 bridgehead atoms. The van der Waals surface area contributed by atoms with Crippen molar-refractivity contribution in [3.8, 4) is 11.3 Å². The minimum Gasteiger partial charge on any atom is -1.00 e. The predicted octanol–water partition coefficient (Wildman–Crippen LogP) is -0.143. The molecule has 0 atom stereocenters. The minimum atomic E-state index is -0.173. The van der Waals surface area contributed by atoms with Gasteiger partial charge in [-0.25, -0.2) is 4.98 Å². The molecule has 0 aliphatic heterocycles. The molecule has 3 rings (SSSR count). The van der Waals surface area contributed by atoms with Gasteiger partial charge in [0.15, 0.2) is 17.5 Å². The number of benzene rings is 1. The first-order valence-electron chi connectivity index (χ1n) is 7.63. The third kappa shape index (κ3) is 5.11. The van der Waals surface area contributed by atoms with E-state index in [0.29, 0.717) is 10.7 Å². The van der Waals surface area contributed by atoms with Crippen molar-refractivity contribution in [3.05, 3.63) is 65.3 Å². The van der Waals surface area contributed by atoms with Crippen LogP contribution in [0.25, 0.3) is 11.3 Å². The van der Waals surface area contributed by atoms with Crippen LogP contribution < -0.4 is 22.3 Å². The van der Waals surface area contributed by atoms with Gasteiger partial charge in [-0.15, -0.1) is 11.3 Å². The lowest BCUT2D eigenvalue weighted by Crippen LogP contribution is -3.00. The monoisotopic (exact) mass is 388 g/mol. The molecule has 8 heteroatoms. The number of anilines is 1. The maximum atomic E-state index is 12.2. The number of carbonyl (C=O) groups excluding carboxylic acids is 1. The number of rotatable bonds is 5. The number of hydrogen-bond donors (Lipinski definition) is 2. The molecule has 0 aliphatic rings. The van der Waals surface area contributed by atoms with E-state index in [4.69, 9.17) is 5.21 Å². The molecular formula is C18H17ClN4O2S. The van der Waals surface area contributed by atoms with Gasteiger partial charge in [0.2, 0.25) is 6.54 Å². The Bertz CT molecular complexity index is 910. The van der Waals surface area contributed by atoms with E-state index in [-0.39, 0.29) is 24.9 Å². The van der Waals surface area contributed by atoms with Gasteiger partial charge in [-0.2, -0.15) is 4.57 Å². The second-order valence-corrected chi connectivity index (χ2v) is 6.36. The average Bonchev–Trinajstić information content (AvgIpc) is 3.04. The number of aryl methyl sites for hydroxylation is 1. The van der Waals surface area contributed by atoms with Crippen LogP contribution in [0.3, 0.4) is 0 Å². The molecule has 0 unspecified atom stereocenters. The molecule has 0 spiro atoms. The van der Waals surface area contributed by atoms with Crippen LogP contribution in [0.5, 0.6) is 0 Å². The van der Waals surface area contributed by atoms with Gasteiger partial charge in [-0.1, -0.05) is 35.0 Å². The Morgan fingerprint density at radius 2 is 2.12 bits per heavy atom. The van der Waals surface area contributed by atoms with Crippen molar-refractivity contribution in [1.29, 1.82) is 0 Å². The highest BCUT2D eigenvalue weighted by Crippen LogP contribution is 2.24. The van der Waals surface area contributed by atoms with Gasteiger partial charge in [-0.05, 0) is 13.0 Å². The molecule has 0 saturated carbocycles. The summed E-state index contributed by atoms with van der Waals surface area (Å²) in [7, 11) is 0. The first-order chi connectivity index (χ1) is 12.1. The fourth-order valence-electron chi connectivity index (χ4n) is 2.30. The van der Waals surface area contributed by atoms with Crippen molar-refractivity contribution in [1.82, 2.24) is 4.98 Å². The van der Waals surface area contributed by atoms with Gasteiger partial charge in [-0.3, -0.25) is 10.1 Å². The van der Waals surface area contributed by atoms with Crippen molar-refractivity contribution in [3.63, 3.8) is 0 Å². The molecule has 2 aromatic heterocycles. The summed E-state index contributed by atoms with van der Waals surface area (Å²) < 4.78 is 1.71. The Morgan fingerprint density at radius 1 is 1.35 bits per heavy atom. The van der Waals surface area contributed by atoms with Crippen LogP contribution in [0, 0.1) is 6.92 Å². The maximum absolute atomic E-state index is 12.2. The second kappa shape index (κ2) is 9.07. The number of nitrogens with zero attached hydrogens (tertiary/aromatic N) is 3. The van der Waals surface area contributed by atoms with Gasteiger partial charge in [0.05, 0.1) is 17.5 Å². The number of amides is 1. The topological polar surface area (TPSA) is 78.5 Å². The van der Waals surface area contributed by atoms with Crippen LogP contribution in [-0.2, 0) is 11.3 Å². The van der Waals surface area contributed by atoms with E-state index in [1.54, 1.807) is 29.1 Å². The summed E-state index contributed by atoms with van der Waals surface area (Å²) in [6, 6.07) is 11.7. The fraction of sp³-hybridized carbons (Fsp3) is 0.111. The molecule has 0 fully saturated rings. The molecule has 26 heavy (non-hydrogen) atoms. The minimum absolute atomic E-state index is 0. The van der Waals surface area contributed by atoms with Crippen molar-refractivity contribution in [2.45, 2.75) is 13.5 Å². The van der Waals surface area contributed by atoms with Gasteiger partial charge < -0.3 is 17.6 Å². The van der Waals surface area contributed by atoms with E-state index in [9.17, 15) is 4.79 Å². The molecule has 1 amide bonds. The maximum Gasteiger partial charge on any atom is 0.292 e. The largest absolute Gasteiger partial charge is 1.00 e. The van der Waals surface area contributed by atoms with E-state index in [1.165, 1.54) is 23.1 Å². The molecule has 2 heterocycles. The van der Waals surface area contributed by atoms with E-state index in [1.807, 2.05) is 36.6 Å². The van der Waals surface area contributed by atoms with Crippen molar-refractivity contribution < 1.29 is 27.0 Å². The second-order valence-electron chi connectivity index (χ2n) is 5.51. The normalized spacial score (nSPS) is 10.5. The first kappa shape index (κ1) is 19.6. The van der Waals surface area contributed by atoms with Crippen molar-refractivity contribution >= 4 is 28.6 Å². The zero-order valence-electron chi connectivity index (χ0n) is 14.0. The van der Waals surface area contributed by atoms with Crippen molar-refractivity contribution in [2.24, 2.45) is 5.16 Å². The highest BCUT2D eigenvalue weighted by molar-refractivity contribution is 7.14. The summed E-state index contributed by atoms with van der Waals surface area (Å²) in [5.41, 5.74) is 3.76. The molecule has 2 N–H and O–H groups in total. The molecule has 0 aliphatic carbocycles. The number of aromatic nitrogens is 2. The van der Waals surface area contributed by atoms with Gasteiger partial charge in [0.25, 0.3) is 5.91 Å². The summed E-state index contributed by atoms with van der Waals surface area (Å²) in [5.74, 6) is -0.173. The summed E-state index contributed by atoms with van der Waals surface area (Å²) in [6.45, 7) is 2.18. The van der Waals surface area contributed by atoms with Gasteiger partial charge >= 0.3 is 0 Å². The molecular weight excluding hydrogens is 372 g/mol. The highest BCUT2D eigenvalue weighted by Gasteiger charge is 2.12. The lowest BCUT2D eigenvalue weighted by Gasteiger charge is -2.00. The Morgan fingerprint density at radius 3 is 2.85 bits per heavy atom. The summed E-state index contributed by atoms with van der Waals surface area (Å²) >= 11 is 1.39. The number of pyridine rings is 1. The third-order valence-corrected chi connectivity index (χ3v) is 4.27. The number of thiazole rings is 1. The van der Waals surface area contributed by atoms with Crippen LogP contribution in [-0.4, -0.2) is 22.3 Å². The quantitative estimate of drug-likeness (QED) is 0.276. The summed E-state index contributed by atoms with van der Waals surface area (Å²) in [5, 5.41) is 16.9. The van der Waals surface area contributed by atoms with Crippen LogP contribution in [0.15, 0.2) is 59.3 Å². The zero-order chi connectivity index (χ0) is 17.6. The fourth-order valence-corrected chi connectivity index (χ4v) is 3.03. The SMILES string of the molecule is Cc1ccc(-c2csc(NC(=O)C[n+]3cccc(/C=N/O)c3)n2)cc1.[Cl-]. The van der Waals surface area contributed by atoms with Gasteiger partial charge in [0.1, 0.15) is 0 Å². The molecule has 3 aromatic rings. The molecule has 6 nitrogen and oxygen atoms in total. The molecule has 0 saturated heterocycles. The molecule has 134 valence electrons. The lowest BCUT2D eigenvalue weighted by atomic mass is 10.1. The smallest absolute Gasteiger partial charge is 0.292 e. The van der Waals surface area contributed by atoms with Crippen LogP contribution in [0.1, 0.15) is 11.1 Å². The van der Waals surface area contributed by atoms with E-state index in [0.717, 1.165) is 11.3 Å². The highest BCUT2D eigenvalue weighted by atomic mass is 35.5. The Labute approximate surface area is 161 Å². The zero-order valence-corrected chi connectivity index (χ0v) is 15.5. The first-order valence-corrected chi connectivity index (χ1v) is 8.51. The third-order valence-electron chi connectivity index (χ3n) is 3.51. The lowest BCUT2D eigenvalue weighted by molar-refractivity contribution is -0.684.